The van der Waals surface area contributed by atoms with E-state index in [2.05, 4.69) is 39.6 Å². The average molecular weight is 559 g/mol. The quantitative estimate of drug-likeness (QED) is 0.337. The van der Waals surface area contributed by atoms with Crippen LogP contribution in [0.2, 0.25) is 0 Å². The molecular weight excluding hydrogens is 526 g/mol. The van der Waals surface area contributed by atoms with Gasteiger partial charge in [0, 0.05) is 51.4 Å². The van der Waals surface area contributed by atoms with Crippen LogP contribution in [0, 0.1) is 5.82 Å². The number of anilines is 1. The second-order valence-corrected chi connectivity index (χ2v) is 8.92. The first-order valence-electron chi connectivity index (χ1n) is 10.9. The minimum atomic E-state index is -0.182. The summed E-state index contributed by atoms with van der Waals surface area (Å²) in [4.78, 5) is 9.86. The fourth-order valence-corrected chi connectivity index (χ4v) is 5.14. The molecule has 31 heavy (non-hydrogen) atoms. The van der Waals surface area contributed by atoms with Gasteiger partial charge in [0.2, 0.25) is 0 Å². The lowest BCUT2D eigenvalue weighted by Gasteiger charge is -2.39. The van der Waals surface area contributed by atoms with Gasteiger partial charge in [-0.3, -0.25) is 4.99 Å². The summed E-state index contributed by atoms with van der Waals surface area (Å²) in [6.07, 6.45) is 1.73. The number of nitrogens with one attached hydrogen (secondary N) is 1. The minimum Gasteiger partial charge on any atom is -0.381 e. The van der Waals surface area contributed by atoms with E-state index in [-0.39, 0.29) is 35.2 Å². The SMILES string of the molecule is CCNC(=NCC1(c2cccc(F)c2)CCOCC1)N1CCN(c2cccs2)CC1.I. The zero-order chi connectivity index (χ0) is 20.8. The number of thiophene rings is 1. The van der Waals surface area contributed by atoms with Crippen molar-refractivity contribution in [2.75, 3.05) is 57.4 Å². The summed E-state index contributed by atoms with van der Waals surface area (Å²) in [5, 5.41) is 6.95. The average Bonchev–Trinajstić information content (AvgIpc) is 3.32. The molecule has 1 aromatic carbocycles. The van der Waals surface area contributed by atoms with Crippen LogP contribution < -0.4 is 10.2 Å². The number of rotatable bonds is 5. The van der Waals surface area contributed by atoms with Gasteiger partial charge in [-0.05, 0) is 55.0 Å². The molecule has 0 aliphatic carbocycles. The number of piperazine rings is 1. The monoisotopic (exact) mass is 558 g/mol. The van der Waals surface area contributed by atoms with Gasteiger partial charge in [-0.25, -0.2) is 4.39 Å². The van der Waals surface area contributed by atoms with Crippen molar-refractivity contribution in [1.82, 2.24) is 10.2 Å². The second-order valence-electron chi connectivity index (χ2n) is 8.00. The Labute approximate surface area is 205 Å². The molecule has 1 N–H and O–H groups in total. The highest BCUT2D eigenvalue weighted by molar-refractivity contribution is 14.0. The van der Waals surface area contributed by atoms with Crippen LogP contribution in [0.4, 0.5) is 9.39 Å². The molecule has 5 nitrogen and oxygen atoms in total. The largest absolute Gasteiger partial charge is 0.381 e. The van der Waals surface area contributed by atoms with Crippen molar-refractivity contribution >= 4 is 46.3 Å². The van der Waals surface area contributed by atoms with Crippen LogP contribution in [-0.4, -0.2) is 63.3 Å². The van der Waals surface area contributed by atoms with E-state index in [0.29, 0.717) is 19.8 Å². The Kier molecular flexibility index (Phi) is 8.97. The van der Waals surface area contributed by atoms with Gasteiger partial charge < -0.3 is 19.9 Å². The van der Waals surface area contributed by atoms with Crippen LogP contribution >= 0.6 is 35.3 Å². The Morgan fingerprint density at radius 3 is 2.58 bits per heavy atom. The van der Waals surface area contributed by atoms with E-state index < -0.39 is 0 Å². The Morgan fingerprint density at radius 2 is 1.94 bits per heavy atom. The molecule has 0 unspecified atom stereocenters. The molecule has 0 atom stereocenters. The molecule has 2 aliphatic heterocycles. The molecule has 3 heterocycles. The van der Waals surface area contributed by atoms with Gasteiger partial charge in [0.05, 0.1) is 11.5 Å². The minimum absolute atomic E-state index is 0. The predicted molar refractivity (Wildman–Crippen MR) is 138 cm³/mol. The van der Waals surface area contributed by atoms with Crippen LogP contribution in [0.15, 0.2) is 46.8 Å². The lowest BCUT2D eigenvalue weighted by Crippen LogP contribution is -2.53. The van der Waals surface area contributed by atoms with E-state index >= 15 is 0 Å². The number of guanidine groups is 1. The molecule has 170 valence electrons. The summed E-state index contributed by atoms with van der Waals surface area (Å²) >= 11 is 1.80. The summed E-state index contributed by atoms with van der Waals surface area (Å²) in [7, 11) is 0. The van der Waals surface area contributed by atoms with Crippen molar-refractivity contribution < 1.29 is 9.13 Å². The maximum Gasteiger partial charge on any atom is 0.194 e. The Morgan fingerprint density at radius 1 is 1.16 bits per heavy atom. The summed E-state index contributed by atoms with van der Waals surface area (Å²) in [5.74, 6) is 0.782. The normalized spacial score (nSPS) is 19.1. The van der Waals surface area contributed by atoms with Crippen molar-refractivity contribution in [2.45, 2.75) is 25.2 Å². The number of hydrogen-bond donors (Lipinski definition) is 1. The molecule has 2 aliphatic rings. The number of nitrogens with zero attached hydrogens (tertiary/aromatic N) is 3. The Bertz CT molecular complexity index is 834. The number of aliphatic imine (C=N–C) groups is 1. The van der Waals surface area contributed by atoms with E-state index in [1.165, 1.54) is 11.1 Å². The van der Waals surface area contributed by atoms with Gasteiger partial charge in [-0.1, -0.05) is 12.1 Å². The zero-order valence-electron chi connectivity index (χ0n) is 18.1. The first kappa shape index (κ1) is 24.3. The molecular formula is C23H32FIN4OS. The smallest absolute Gasteiger partial charge is 0.194 e. The first-order valence-corrected chi connectivity index (χ1v) is 11.7. The molecule has 2 aromatic rings. The highest BCUT2D eigenvalue weighted by Gasteiger charge is 2.35. The molecule has 4 rings (SSSR count). The van der Waals surface area contributed by atoms with Crippen molar-refractivity contribution in [1.29, 1.82) is 0 Å². The number of benzene rings is 1. The van der Waals surface area contributed by atoms with Gasteiger partial charge in [0.1, 0.15) is 5.82 Å². The van der Waals surface area contributed by atoms with Crippen LogP contribution in [0.25, 0.3) is 0 Å². The lowest BCUT2D eigenvalue weighted by atomic mass is 9.74. The maximum absolute atomic E-state index is 14.0. The molecule has 2 saturated heterocycles. The van der Waals surface area contributed by atoms with Gasteiger partial charge >= 0.3 is 0 Å². The van der Waals surface area contributed by atoms with Crippen LogP contribution in [-0.2, 0) is 10.2 Å². The van der Waals surface area contributed by atoms with E-state index in [4.69, 9.17) is 9.73 Å². The highest BCUT2D eigenvalue weighted by Crippen LogP contribution is 2.35. The van der Waals surface area contributed by atoms with Gasteiger partial charge in [0.15, 0.2) is 5.96 Å². The van der Waals surface area contributed by atoms with E-state index in [1.54, 1.807) is 23.5 Å². The van der Waals surface area contributed by atoms with Crippen molar-refractivity contribution in [3.05, 3.63) is 53.2 Å². The third-order valence-electron chi connectivity index (χ3n) is 6.15. The molecule has 8 heteroatoms. The van der Waals surface area contributed by atoms with Crippen LogP contribution in [0.1, 0.15) is 25.3 Å². The number of halogens is 2. The van der Waals surface area contributed by atoms with Gasteiger partial charge in [0.25, 0.3) is 0 Å². The van der Waals surface area contributed by atoms with E-state index in [1.807, 2.05) is 6.07 Å². The molecule has 1 aromatic heterocycles. The molecule has 0 spiro atoms. The summed E-state index contributed by atoms with van der Waals surface area (Å²) in [5.41, 5.74) is 0.868. The molecule has 0 bridgehead atoms. The Balaban J connectivity index is 0.00000272. The summed E-state index contributed by atoms with van der Waals surface area (Å²) < 4.78 is 19.6. The molecule has 0 saturated carbocycles. The molecule has 2 fully saturated rings. The zero-order valence-corrected chi connectivity index (χ0v) is 21.2. The number of hydrogen-bond acceptors (Lipinski definition) is 4. The number of ether oxygens (including phenoxy) is 1. The third kappa shape index (κ3) is 5.90. The van der Waals surface area contributed by atoms with E-state index in [0.717, 1.165) is 57.1 Å². The summed E-state index contributed by atoms with van der Waals surface area (Å²) in [6.45, 7) is 8.85. The lowest BCUT2D eigenvalue weighted by molar-refractivity contribution is 0.0529. The van der Waals surface area contributed by atoms with Crippen molar-refractivity contribution in [2.24, 2.45) is 4.99 Å². The maximum atomic E-state index is 14.0. The van der Waals surface area contributed by atoms with Gasteiger partial charge in [-0.15, -0.1) is 35.3 Å². The molecule has 0 radical (unpaired) electrons. The Hall–Kier alpha value is -1.39. The highest BCUT2D eigenvalue weighted by atomic mass is 127. The van der Waals surface area contributed by atoms with Crippen molar-refractivity contribution in [3.8, 4) is 0 Å². The fraction of sp³-hybridized carbons (Fsp3) is 0.522. The van der Waals surface area contributed by atoms with E-state index in [9.17, 15) is 4.39 Å². The molecule has 0 amide bonds. The summed E-state index contributed by atoms with van der Waals surface area (Å²) in [6, 6.07) is 11.3. The van der Waals surface area contributed by atoms with Crippen LogP contribution in [0.5, 0.6) is 0 Å². The predicted octanol–water partition coefficient (Wildman–Crippen LogP) is 4.34. The van der Waals surface area contributed by atoms with Crippen molar-refractivity contribution in [3.63, 3.8) is 0 Å². The van der Waals surface area contributed by atoms with Gasteiger partial charge in [-0.2, -0.15) is 0 Å². The second kappa shape index (κ2) is 11.5. The fourth-order valence-electron chi connectivity index (χ4n) is 4.36. The van der Waals surface area contributed by atoms with Crippen LogP contribution in [0.3, 0.4) is 0 Å². The topological polar surface area (TPSA) is 40.1 Å². The third-order valence-corrected chi connectivity index (χ3v) is 7.08. The first-order chi connectivity index (χ1) is 14.7. The standard InChI is InChI=1S/C23H31FN4OS.HI/c1-2-25-22(28-12-10-27(11-13-28)21-7-4-16-30-21)26-18-23(8-14-29-15-9-23)19-5-3-6-20(24)17-19;/h3-7,16-17H,2,8-15,18H2,1H3,(H,25,26);1H.